The number of para-hydroxylation sites is 1. The first kappa shape index (κ1) is 18.4. The zero-order valence-electron chi connectivity index (χ0n) is 15.7. The van der Waals surface area contributed by atoms with Crippen molar-refractivity contribution < 1.29 is 14.1 Å². The SMILES string of the molecule is Cc1c(C(=O)NC(C)c2cc3ccccc3o2)nnn1-c1cccc([N+](=O)[O-])c1. The molecule has 2 aromatic carbocycles. The molecule has 0 fully saturated rings. The molecule has 0 radical (unpaired) electrons. The van der Waals surface area contributed by atoms with E-state index in [1.807, 2.05) is 37.3 Å². The predicted octanol–water partition coefficient (Wildman–Crippen LogP) is 3.72. The van der Waals surface area contributed by atoms with E-state index in [1.165, 1.54) is 16.8 Å². The number of nitrogens with zero attached hydrogens (tertiary/aromatic N) is 4. The van der Waals surface area contributed by atoms with Gasteiger partial charge in [-0.05, 0) is 32.0 Å². The van der Waals surface area contributed by atoms with Gasteiger partial charge in [-0.25, -0.2) is 4.68 Å². The van der Waals surface area contributed by atoms with Crippen molar-refractivity contribution in [1.29, 1.82) is 0 Å². The van der Waals surface area contributed by atoms with E-state index in [0.29, 0.717) is 17.1 Å². The second kappa shape index (κ2) is 7.19. The molecule has 4 rings (SSSR count). The van der Waals surface area contributed by atoms with Crippen molar-refractivity contribution >= 4 is 22.6 Å². The van der Waals surface area contributed by atoms with Gasteiger partial charge < -0.3 is 9.73 Å². The van der Waals surface area contributed by atoms with Crippen LogP contribution in [0.4, 0.5) is 5.69 Å². The Morgan fingerprint density at radius 3 is 2.76 bits per heavy atom. The molecular weight excluding hydrogens is 374 g/mol. The molecule has 2 aromatic heterocycles. The summed E-state index contributed by atoms with van der Waals surface area (Å²) in [6.45, 7) is 3.50. The minimum Gasteiger partial charge on any atom is -0.459 e. The first-order valence-electron chi connectivity index (χ1n) is 8.90. The van der Waals surface area contributed by atoms with Crippen LogP contribution in [0, 0.1) is 17.0 Å². The molecule has 0 bridgehead atoms. The number of nitro groups is 1. The van der Waals surface area contributed by atoms with E-state index >= 15 is 0 Å². The number of carbonyl (C=O) groups is 1. The van der Waals surface area contributed by atoms with E-state index < -0.39 is 10.8 Å². The molecule has 0 spiro atoms. The third kappa shape index (κ3) is 3.45. The summed E-state index contributed by atoms with van der Waals surface area (Å²) >= 11 is 0. The van der Waals surface area contributed by atoms with E-state index in [1.54, 1.807) is 19.1 Å². The molecule has 1 amide bonds. The van der Waals surface area contributed by atoms with E-state index in [2.05, 4.69) is 15.6 Å². The number of amides is 1. The van der Waals surface area contributed by atoms with E-state index in [9.17, 15) is 14.9 Å². The number of benzene rings is 2. The fourth-order valence-corrected chi connectivity index (χ4v) is 3.07. The first-order chi connectivity index (χ1) is 13.9. The van der Waals surface area contributed by atoms with E-state index in [0.717, 1.165) is 11.0 Å². The molecule has 0 aliphatic rings. The van der Waals surface area contributed by atoms with Crippen LogP contribution in [0.5, 0.6) is 0 Å². The number of nitrogens with one attached hydrogen (secondary N) is 1. The Labute approximate surface area is 165 Å². The van der Waals surface area contributed by atoms with Gasteiger partial charge in [-0.15, -0.1) is 5.10 Å². The molecule has 1 atom stereocenters. The van der Waals surface area contributed by atoms with E-state index in [-0.39, 0.29) is 17.4 Å². The summed E-state index contributed by atoms with van der Waals surface area (Å²) in [6.07, 6.45) is 0. The van der Waals surface area contributed by atoms with Crippen molar-refractivity contribution in [2.75, 3.05) is 0 Å². The summed E-state index contributed by atoms with van der Waals surface area (Å²) in [6, 6.07) is 15.1. The maximum atomic E-state index is 12.7. The highest BCUT2D eigenvalue weighted by Gasteiger charge is 2.21. The Kier molecular flexibility index (Phi) is 4.55. The normalized spacial score (nSPS) is 12.1. The minimum atomic E-state index is -0.488. The number of nitro benzene ring substituents is 1. The highest BCUT2D eigenvalue weighted by Crippen LogP contribution is 2.24. The summed E-state index contributed by atoms with van der Waals surface area (Å²) in [4.78, 5) is 23.2. The van der Waals surface area contributed by atoms with Crippen LogP contribution in [-0.2, 0) is 0 Å². The summed E-state index contributed by atoms with van der Waals surface area (Å²) in [5.41, 5.74) is 1.74. The predicted molar refractivity (Wildman–Crippen MR) is 105 cm³/mol. The van der Waals surface area contributed by atoms with Crippen LogP contribution in [0.25, 0.3) is 16.7 Å². The Morgan fingerprint density at radius 1 is 1.21 bits per heavy atom. The molecule has 9 heteroatoms. The molecule has 2 heterocycles. The van der Waals surface area contributed by atoms with Crippen molar-refractivity contribution in [3.8, 4) is 5.69 Å². The van der Waals surface area contributed by atoms with Gasteiger partial charge in [0.25, 0.3) is 11.6 Å². The van der Waals surface area contributed by atoms with Crippen LogP contribution in [0.3, 0.4) is 0 Å². The largest absolute Gasteiger partial charge is 0.459 e. The molecule has 0 saturated carbocycles. The van der Waals surface area contributed by atoms with Gasteiger partial charge in [-0.1, -0.05) is 29.5 Å². The first-order valence-corrected chi connectivity index (χ1v) is 8.90. The number of rotatable bonds is 5. The third-order valence-electron chi connectivity index (χ3n) is 4.61. The van der Waals surface area contributed by atoms with Crippen LogP contribution in [0.2, 0.25) is 0 Å². The monoisotopic (exact) mass is 391 g/mol. The van der Waals surface area contributed by atoms with Crippen molar-refractivity contribution in [3.63, 3.8) is 0 Å². The fraction of sp³-hybridized carbons (Fsp3) is 0.150. The molecule has 4 aromatic rings. The van der Waals surface area contributed by atoms with Gasteiger partial charge in [0.05, 0.1) is 22.3 Å². The van der Waals surface area contributed by atoms with Gasteiger partial charge in [0, 0.05) is 17.5 Å². The summed E-state index contributed by atoms with van der Waals surface area (Å²) in [5.74, 6) is 0.218. The van der Waals surface area contributed by atoms with Crippen molar-refractivity contribution in [2.45, 2.75) is 19.9 Å². The number of non-ortho nitro benzene ring substituents is 1. The maximum Gasteiger partial charge on any atom is 0.274 e. The highest BCUT2D eigenvalue weighted by atomic mass is 16.6. The standard InChI is InChI=1S/C20H17N5O4/c1-12(18-10-14-6-3-4-9-17(14)29-18)21-20(26)19-13(2)24(23-22-19)15-7-5-8-16(11-15)25(27)28/h3-12H,1-2H3,(H,21,26). The third-order valence-corrected chi connectivity index (χ3v) is 4.61. The molecule has 0 aliphatic heterocycles. The number of hydrogen-bond acceptors (Lipinski definition) is 6. The van der Waals surface area contributed by atoms with Crippen LogP contribution in [0.1, 0.15) is 34.9 Å². The molecule has 29 heavy (non-hydrogen) atoms. The van der Waals surface area contributed by atoms with Crippen molar-refractivity contribution in [1.82, 2.24) is 20.3 Å². The average Bonchev–Trinajstić information content (AvgIpc) is 3.31. The minimum absolute atomic E-state index is 0.0677. The number of hydrogen-bond donors (Lipinski definition) is 1. The number of aromatic nitrogens is 3. The lowest BCUT2D eigenvalue weighted by molar-refractivity contribution is -0.384. The van der Waals surface area contributed by atoms with Crippen LogP contribution >= 0.6 is 0 Å². The molecule has 9 nitrogen and oxygen atoms in total. The van der Waals surface area contributed by atoms with Gasteiger partial charge in [-0.2, -0.15) is 0 Å². The number of fused-ring (bicyclic) bond motifs is 1. The van der Waals surface area contributed by atoms with Gasteiger partial charge in [-0.3, -0.25) is 14.9 Å². The zero-order valence-corrected chi connectivity index (χ0v) is 15.7. The molecule has 0 aliphatic carbocycles. The smallest absolute Gasteiger partial charge is 0.274 e. The summed E-state index contributed by atoms with van der Waals surface area (Å²) in [5, 5.41) is 22.7. The van der Waals surface area contributed by atoms with Gasteiger partial charge >= 0.3 is 0 Å². The van der Waals surface area contributed by atoms with Crippen LogP contribution < -0.4 is 5.32 Å². The summed E-state index contributed by atoms with van der Waals surface area (Å²) < 4.78 is 7.18. The molecule has 1 N–H and O–H groups in total. The lowest BCUT2D eigenvalue weighted by atomic mass is 10.2. The molecule has 1 unspecified atom stereocenters. The number of carbonyl (C=O) groups excluding carboxylic acids is 1. The van der Waals surface area contributed by atoms with E-state index in [4.69, 9.17) is 4.42 Å². The van der Waals surface area contributed by atoms with Crippen molar-refractivity contribution in [3.05, 3.63) is 81.9 Å². The topological polar surface area (TPSA) is 116 Å². The fourth-order valence-electron chi connectivity index (χ4n) is 3.07. The highest BCUT2D eigenvalue weighted by molar-refractivity contribution is 5.93. The Hall–Kier alpha value is -4.01. The molecule has 146 valence electrons. The van der Waals surface area contributed by atoms with Crippen LogP contribution in [-0.4, -0.2) is 25.8 Å². The van der Waals surface area contributed by atoms with Gasteiger partial charge in [0.15, 0.2) is 5.69 Å². The molecule has 0 saturated heterocycles. The second-order valence-corrected chi connectivity index (χ2v) is 6.59. The van der Waals surface area contributed by atoms with Crippen LogP contribution in [0.15, 0.2) is 59.0 Å². The maximum absolute atomic E-state index is 12.7. The Morgan fingerprint density at radius 2 is 2.00 bits per heavy atom. The quantitative estimate of drug-likeness (QED) is 0.409. The number of furan rings is 1. The van der Waals surface area contributed by atoms with Crippen molar-refractivity contribution in [2.24, 2.45) is 0 Å². The van der Waals surface area contributed by atoms with Gasteiger partial charge in [0.1, 0.15) is 11.3 Å². The summed E-state index contributed by atoms with van der Waals surface area (Å²) in [7, 11) is 0. The zero-order chi connectivity index (χ0) is 20.5. The Balaban J connectivity index is 1.56. The second-order valence-electron chi connectivity index (χ2n) is 6.59. The molecular formula is C20H17N5O4. The Bertz CT molecular complexity index is 1190. The van der Waals surface area contributed by atoms with Gasteiger partial charge in [0.2, 0.25) is 0 Å². The lowest BCUT2D eigenvalue weighted by Crippen LogP contribution is -2.27. The lowest BCUT2D eigenvalue weighted by Gasteiger charge is -2.10. The average molecular weight is 391 g/mol.